The molecule has 4 nitrogen and oxygen atoms in total. The number of benzene rings is 1. The third kappa shape index (κ3) is 3.30. The highest BCUT2D eigenvalue weighted by Crippen LogP contribution is 2.29. The first-order valence-electron chi connectivity index (χ1n) is 5.50. The molecule has 0 atom stereocenters. The first-order valence-corrected chi connectivity index (χ1v) is 5.88. The average Bonchev–Trinajstić information content (AvgIpc) is 2.32. The van der Waals surface area contributed by atoms with Crippen molar-refractivity contribution in [3.8, 4) is 0 Å². The summed E-state index contributed by atoms with van der Waals surface area (Å²) in [5, 5.41) is 3.21. The fourth-order valence-corrected chi connectivity index (χ4v) is 1.70. The summed E-state index contributed by atoms with van der Waals surface area (Å²) >= 11 is 5.84. The Hall–Kier alpha value is -2.02. The van der Waals surface area contributed by atoms with Crippen molar-refractivity contribution in [2.45, 2.75) is 13.1 Å². The van der Waals surface area contributed by atoms with Crippen LogP contribution in [0.5, 0.6) is 0 Å². The molecule has 3 N–H and O–H groups in total. The summed E-state index contributed by atoms with van der Waals surface area (Å²) in [5.74, 6) is -1.61. The fraction of sp³-hybridized carbons (Fsp3) is 0.167. The molecule has 8 heteroatoms. The van der Waals surface area contributed by atoms with Gasteiger partial charge in [-0.3, -0.25) is 0 Å². The van der Waals surface area contributed by atoms with Gasteiger partial charge in [-0.2, -0.15) is 13.2 Å². The van der Waals surface area contributed by atoms with Crippen LogP contribution in [0.1, 0.15) is 11.4 Å². The Kier molecular flexibility index (Phi) is 3.71. The molecule has 1 heterocycles. The lowest BCUT2D eigenvalue weighted by atomic mass is 10.2. The largest absolute Gasteiger partial charge is 0.451 e. The number of nitrogen functional groups attached to an aromatic ring is 1. The predicted molar refractivity (Wildman–Crippen MR) is 70.9 cm³/mol. The maximum Gasteiger partial charge on any atom is 0.451 e. The van der Waals surface area contributed by atoms with Crippen LogP contribution in [0.4, 0.5) is 30.5 Å². The summed E-state index contributed by atoms with van der Waals surface area (Å²) in [6.45, 7) is 1.79. The molecule has 0 fully saturated rings. The van der Waals surface area contributed by atoms with Gasteiger partial charge in [0.2, 0.25) is 5.82 Å². The number of nitrogens with zero attached hydrogens (tertiary/aromatic N) is 2. The molecule has 0 aliphatic carbocycles. The third-order valence-electron chi connectivity index (χ3n) is 2.46. The molecule has 0 saturated heterocycles. The first-order chi connectivity index (χ1) is 9.25. The maximum absolute atomic E-state index is 12.6. The summed E-state index contributed by atoms with van der Waals surface area (Å²) in [4.78, 5) is 6.56. The molecule has 0 aliphatic rings. The molecule has 0 aliphatic heterocycles. The van der Waals surface area contributed by atoms with Gasteiger partial charge in [-0.1, -0.05) is 17.7 Å². The Morgan fingerprint density at radius 2 is 1.90 bits per heavy atom. The van der Waals surface area contributed by atoms with Gasteiger partial charge in [-0.15, -0.1) is 0 Å². The standard InChI is InChI=1S/C12H10ClF3N4/c1-6-2-3-7(13)4-8(6)18-10-5-9(17)19-11(20-10)12(14,15)16/h2-5H,1H3,(H3,17,18,19,20). The number of nitrogens with one attached hydrogen (secondary N) is 1. The van der Waals surface area contributed by atoms with Gasteiger partial charge in [0.15, 0.2) is 0 Å². The number of anilines is 3. The zero-order valence-electron chi connectivity index (χ0n) is 10.3. The summed E-state index contributed by atoms with van der Waals surface area (Å²) in [5.41, 5.74) is 6.71. The number of hydrogen-bond donors (Lipinski definition) is 2. The van der Waals surface area contributed by atoms with E-state index in [2.05, 4.69) is 15.3 Å². The van der Waals surface area contributed by atoms with Crippen molar-refractivity contribution >= 4 is 28.9 Å². The molecule has 1 aromatic heterocycles. The number of nitrogens with two attached hydrogens (primary N) is 1. The average molecular weight is 303 g/mol. The Bertz CT molecular complexity index is 643. The van der Waals surface area contributed by atoms with E-state index in [1.165, 1.54) is 6.07 Å². The Balaban J connectivity index is 2.39. The molecule has 0 unspecified atom stereocenters. The minimum Gasteiger partial charge on any atom is -0.384 e. The van der Waals surface area contributed by atoms with Crippen LogP contribution in [0.3, 0.4) is 0 Å². The van der Waals surface area contributed by atoms with E-state index >= 15 is 0 Å². The molecule has 0 spiro atoms. The molecule has 0 radical (unpaired) electrons. The van der Waals surface area contributed by atoms with Crippen LogP contribution in [0.2, 0.25) is 5.02 Å². The molecule has 0 bridgehead atoms. The fourth-order valence-electron chi connectivity index (χ4n) is 1.52. The molecule has 106 valence electrons. The summed E-state index contributed by atoms with van der Waals surface area (Å²) in [7, 11) is 0. The van der Waals surface area contributed by atoms with Crippen molar-refractivity contribution in [3.05, 3.63) is 40.7 Å². The van der Waals surface area contributed by atoms with Gasteiger partial charge in [-0.05, 0) is 24.6 Å². The van der Waals surface area contributed by atoms with Crippen molar-refractivity contribution in [2.75, 3.05) is 11.1 Å². The molecule has 1 aromatic carbocycles. The van der Waals surface area contributed by atoms with Crippen LogP contribution in [0.15, 0.2) is 24.3 Å². The highest BCUT2D eigenvalue weighted by Gasteiger charge is 2.35. The number of halogens is 4. The molecular formula is C12H10ClF3N4. The van der Waals surface area contributed by atoms with E-state index in [9.17, 15) is 13.2 Å². The van der Waals surface area contributed by atoms with Crippen molar-refractivity contribution < 1.29 is 13.2 Å². The summed E-state index contributed by atoms with van der Waals surface area (Å²) in [6, 6.07) is 6.22. The van der Waals surface area contributed by atoms with E-state index in [4.69, 9.17) is 17.3 Å². The SMILES string of the molecule is Cc1ccc(Cl)cc1Nc1cc(N)nc(C(F)(F)F)n1. The third-order valence-corrected chi connectivity index (χ3v) is 2.70. The number of alkyl halides is 3. The van der Waals surface area contributed by atoms with Gasteiger partial charge in [0, 0.05) is 16.8 Å². The van der Waals surface area contributed by atoms with E-state index in [0.29, 0.717) is 10.7 Å². The van der Waals surface area contributed by atoms with E-state index < -0.39 is 12.0 Å². The van der Waals surface area contributed by atoms with Crippen molar-refractivity contribution in [3.63, 3.8) is 0 Å². The highest BCUT2D eigenvalue weighted by molar-refractivity contribution is 6.30. The van der Waals surface area contributed by atoms with Crippen LogP contribution in [-0.2, 0) is 6.18 Å². The lowest BCUT2D eigenvalue weighted by Gasteiger charge is -2.12. The second kappa shape index (κ2) is 5.16. The Morgan fingerprint density at radius 1 is 1.20 bits per heavy atom. The van der Waals surface area contributed by atoms with Crippen molar-refractivity contribution in [2.24, 2.45) is 0 Å². The van der Waals surface area contributed by atoms with Crippen LogP contribution in [0.25, 0.3) is 0 Å². The zero-order valence-corrected chi connectivity index (χ0v) is 11.0. The van der Waals surface area contributed by atoms with E-state index in [-0.39, 0.29) is 11.6 Å². The molecule has 0 amide bonds. The second-order valence-electron chi connectivity index (χ2n) is 4.08. The van der Waals surface area contributed by atoms with Crippen LogP contribution in [0, 0.1) is 6.92 Å². The quantitative estimate of drug-likeness (QED) is 0.886. The van der Waals surface area contributed by atoms with Crippen LogP contribution < -0.4 is 11.1 Å². The van der Waals surface area contributed by atoms with Gasteiger partial charge < -0.3 is 11.1 Å². The topological polar surface area (TPSA) is 63.8 Å². The second-order valence-corrected chi connectivity index (χ2v) is 4.52. The van der Waals surface area contributed by atoms with Gasteiger partial charge in [0.05, 0.1) is 0 Å². The minimum absolute atomic E-state index is 0.0461. The minimum atomic E-state index is -4.66. The normalized spacial score (nSPS) is 11.4. The van der Waals surface area contributed by atoms with Crippen LogP contribution >= 0.6 is 11.6 Å². The number of aryl methyl sites for hydroxylation is 1. The molecular weight excluding hydrogens is 293 g/mol. The first kappa shape index (κ1) is 14.4. The molecule has 2 rings (SSSR count). The number of hydrogen-bond acceptors (Lipinski definition) is 4. The summed E-state index contributed by atoms with van der Waals surface area (Å²) < 4.78 is 37.8. The van der Waals surface area contributed by atoms with Crippen molar-refractivity contribution in [1.82, 2.24) is 9.97 Å². The molecule has 2 aromatic rings. The highest BCUT2D eigenvalue weighted by atomic mass is 35.5. The van der Waals surface area contributed by atoms with Gasteiger partial charge in [-0.25, -0.2) is 9.97 Å². The lowest BCUT2D eigenvalue weighted by Crippen LogP contribution is -2.13. The zero-order chi connectivity index (χ0) is 14.9. The Morgan fingerprint density at radius 3 is 2.55 bits per heavy atom. The number of rotatable bonds is 2. The van der Waals surface area contributed by atoms with Crippen molar-refractivity contribution in [1.29, 1.82) is 0 Å². The van der Waals surface area contributed by atoms with Gasteiger partial charge in [0.25, 0.3) is 0 Å². The lowest BCUT2D eigenvalue weighted by molar-refractivity contribution is -0.144. The van der Waals surface area contributed by atoms with Gasteiger partial charge in [0.1, 0.15) is 11.6 Å². The maximum atomic E-state index is 12.6. The molecule has 20 heavy (non-hydrogen) atoms. The van der Waals surface area contributed by atoms with Gasteiger partial charge >= 0.3 is 6.18 Å². The van der Waals surface area contributed by atoms with E-state index in [1.807, 2.05) is 0 Å². The van der Waals surface area contributed by atoms with E-state index in [1.54, 1.807) is 25.1 Å². The Labute approximate surface area is 117 Å². The monoisotopic (exact) mass is 302 g/mol. The summed E-state index contributed by atoms with van der Waals surface area (Å²) in [6.07, 6.45) is -4.66. The smallest absolute Gasteiger partial charge is 0.384 e. The number of aromatic nitrogens is 2. The van der Waals surface area contributed by atoms with E-state index in [0.717, 1.165) is 5.56 Å². The van der Waals surface area contributed by atoms with Crippen LogP contribution in [-0.4, -0.2) is 9.97 Å². The predicted octanol–water partition coefficient (Wildman–Crippen LogP) is 3.78. The molecule has 0 saturated carbocycles.